The highest BCUT2D eigenvalue weighted by atomic mass is 16.2. The molecular formula is C18H26N6O. The predicted octanol–water partition coefficient (Wildman–Crippen LogP) is 2.13. The average Bonchev–Trinajstić information content (AvgIpc) is 3.15. The molecule has 2 fully saturated rings. The molecule has 7 nitrogen and oxygen atoms in total. The summed E-state index contributed by atoms with van der Waals surface area (Å²) in [6.45, 7) is 1.74. The van der Waals surface area contributed by atoms with Crippen LogP contribution in [0.2, 0.25) is 0 Å². The van der Waals surface area contributed by atoms with E-state index in [-0.39, 0.29) is 5.92 Å². The normalized spacial score (nSPS) is 20.1. The van der Waals surface area contributed by atoms with E-state index in [1.165, 1.54) is 32.1 Å². The molecule has 134 valence electrons. The summed E-state index contributed by atoms with van der Waals surface area (Å²) >= 11 is 0. The van der Waals surface area contributed by atoms with E-state index < -0.39 is 0 Å². The van der Waals surface area contributed by atoms with Crippen LogP contribution in [0.1, 0.15) is 44.9 Å². The fraction of sp³-hybridized carbons (Fsp3) is 0.667. The van der Waals surface area contributed by atoms with Gasteiger partial charge in [-0.3, -0.25) is 4.79 Å². The standard InChI is InChI=1S/C18H26N6O/c1-22(15-5-3-2-4-6-15)18(25)14-9-11-23(12-10-14)17-8-7-16-20-19-13-24(16)21-17/h7-8,13-15H,2-6,9-12H2,1H3. The summed E-state index contributed by atoms with van der Waals surface area (Å²) in [5.41, 5.74) is 0.753. The van der Waals surface area contributed by atoms with Gasteiger partial charge in [0.2, 0.25) is 5.91 Å². The molecule has 0 atom stereocenters. The van der Waals surface area contributed by atoms with E-state index in [1.54, 1.807) is 10.8 Å². The first-order valence-electron chi connectivity index (χ1n) is 9.41. The molecule has 0 N–H and O–H groups in total. The van der Waals surface area contributed by atoms with Gasteiger partial charge in [-0.25, -0.2) is 0 Å². The van der Waals surface area contributed by atoms with Crippen LogP contribution in [0.5, 0.6) is 0 Å². The van der Waals surface area contributed by atoms with Crippen LogP contribution in [0, 0.1) is 5.92 Å². The number of aromatic nitrogens is 4. The Morgan fingerprint density at radius 2 is 1.88 bits per heavy atom. The number of fused-ring (bicyclic) bond motifs is 1. The van der Waals surface area contributed by atoms with Crippen LogP contribution in [0.25, 0.3) is 5.65 Å². The van der Waals surface area contributed by atoms with E-state index >= 15 is 0 Å². The van der Waals surface area contributed by atoms with Crippen molar-refractivity contribution in [2.75, 3.05) is 25.0 Å². The molecule has 3 heterocycles. The molecule has 2 aromatic heterocycles. The van der Waals surface area contributed by atoms with Gasteiger partial charge in [0.05, 0.1) is 0 Å². The maximum atomic E-state index is 12.9. The largest absolute Gasteiger partial charge is 0.355 e. The Kier molecular flexibility index (Phi) is 4.55. The number of carbonyl (C=O) groups is 1. The molecule has 0 aromatic carbocycles. The van der Waals surface area contributed by atoms with Crippen LogP contribution >= 0.6 is 0 Å². The summed E-state index contributed by atoms with van der Waals surface area (Å²) in [6, 6.07) is 4.38. The second-order valence-corrected chi connectivity index (χ2v) is 7.33. The van der Waals surface area contributed by atoms with Gasteiger partial charge in [-0.05, 0) is 37.8 Å². The summed E-state index contributed by atoms with van der Waals surface area (Å²) in [6.07, 6.45) is 9.61. The van der Waals surface area contributed by atoms with Gasteiger partial charge in [0.1, 0.15) is 12.1 Å². The number of carbonyl (C=O) groups excluding carboxylic acids is 1. The van der Waals surface area contributed by atoms with Crippen molar-refractivity contribution in [1.29, 1.82) is 0 Å². The van der Waals surface area contributed by atoms with E-state index in [9.17, 15) is 4.79 Å². The lowest BCUT2D eigenvalue weighted by Crippen LogP contribution is -2.45. The summed E-state index contributed by atoms with van der Waals surface area (Å²) in [7, 11) is 2.01. The lowest BCUT2D eigenvalue weighted by molar-refractivity contribution is -0.137. The Morgan fingerprint density at radius 3 is 2.64 bits per heavy atom. The van der Waals surface area contributed by atoms with Gasteiger partial charge < -0.3 is 9.80 Å². The Morgan fingerprint density at radius 1 is 1.12 bits per heavy atom. The third-order valence-electron chi connectivity index (χ3n) is 5.79. The zero-order chi connectivity index (χ0) is 17.2. The van der Waals surface area contributed by atoms with Crippen molar-refractivity contribution in [3.63, 3.8) is 0 Å². The van der Waals surface area contributed by atoms with Gasteiger partial charge in [-0.1, -0.05) is 19.3 Å². The number of anilines is 1. The number of nitrogens with zero attached hydrogens (tertiary/aromatic N) is 6. The van der Waals surface area contributed by atoms with Gasteiger partial charge in [0.15, 0.2) is 5.65 Å². The predicted molar refractivity (Wildman–Crippen MR) is 95.4 cm³/mol. The number of rotatable bonds is 3. The van der Waals surface area contributed by atoms with Crippen molar-refractivity contribution >= 4 is 17.4 Å². The second kappa shape index (κ2) is 6.98. The van der Waals surface area contributed by atoms with Gasteiger partial charge in [0, 0.05) is 32.1 Å². The van der Waals surface area contributed by atoms with Crippen molar-refractivity contribution in [2.24, 2.45) is 5.92 Å². The lowest BCUT2D eigenvalue weighted by atomic mass is 9.91. The van der Waals surface area contributed by atoms with Crippen molar-refractivity contribution in [2.45, 2.75) is 51.0 Å². The monoisotopic (exact) mass is 342 g/mol. The molecule has 1 saturated carbocycles. The molecule has 4 rings (SSSR count). The number of amides is 1. The van der Waals surface area contributed by atoms with E-state index in [4.69, 9.17) is 0 Å². The smallest absolute Gasteiger partial charge is 0.225 e. The first-order valence-corrected chi connectivity index (χ1v) is 9.41. The third-order valence-corrected chi connectivity index (χ3v) is 5.79. The fourth-order valence-electron chi connectivity index (χ4n) is 4.18. The van der Waals surface area contributed by atoms with Crippen molar-refractivity contribution in [1.82, 2.24) is 24.7 Å². The molecule has 0 radical (unpaired) electrons. The summed E-state index contributed by atoms with van der Waals surface area (Å²) < 4.78 is 1.70. The van der Waals surface area contributed by atoms with Gasteiger partial charge in [0.25, 0.3) is 0 Å². The maximum Gasteiger partial charge on any atom is 0.225 e. The zero-order valence-electron chi connectivity index (χ0n) is 14.8. The molecule has 1 saturated heterocycles. The Labute approximate surface area is 148 Å². The molecular weight excluding hydrogens is 316 g/mol. The highest BCUT2D eigenvalue weighted by Gasteiger charge is 2.31. The minimum atomic E-state index is 0.154. The molecule has 1 amide bonds. The van der Waals surface area contributed by atoms with E-state index in [1.807, 2.05) is 24.1 Å². The van der Waals surface area contributed by atoms with Crippen LogP contribution in [0.3, 0.4) is 0 Å². The molecule has 1 aliphatic carbocycles. The van der Waals surface area contributed by atoms with Crippen LogP contribution in [0.4, 0.5) is 5.82 Å². The quantitative estimate of drug-likeness (QED) is 0.855. The summed E-state index contributed by atoms with van der Waals surface area (Å²) in [5.74, 6) is 1.43. The van der Waals surface area contributed by atoms with Crippen molar-refractivity contribution in [3.8, 4) is 0 Å². The molecule has 0 unspecified atom stereocenters. The minimum absolute atomic E-state index is 0.154. The van der Waals surface area contributed by atoms with E-state index in [0.29, 0.717) is 11.9 Å². The highest BCUT2D eigenvalue weighted by molar-refractivity contribution is 5.79. The molecule has 2 aromatic rings. The molecule has 1 aliphatic heterocycles. The first kappa shape index (κ1) is 16.3. The molecule has 7 heteroatoms. The van der Waals surface area contributed by atoms with Crippen LogP contribution in [-0.4, -0.2) is 56.8 Å². The van der Waals surface area contributed by atoms with Gasteiger partial charge >= 0.3 is 0 Å². The fourth-order valence-corrected chi connectivity index (χ4v) is 4.18. The Bertz CT molecular complexity index is 730. The first-order chi connectivity index (χ1) is 12.2. The zero-order valence-corrected chi connectivity index (χ0v) is 14.8. The van der Waals surface area contributed by atoms with E-state index in [0.717, 1.165) is 37.4 Å². The SMILES string of the molecule is CN(C(=O)C1CCN(c2ccc3nncn3n2)CC1)C1CCCCC1. The van der Waals surface area contributed by atoms with Crippen molar-refractivity contribution < 1.29 is 4.79 Å². The number of hydrogen-bond donors (Lipinski definition) is 0. The lowest BCUT2D eigenvalue weighted by Gasteiger charge is -2.37. The van der Waals surface area contributed by atoms with Gasteiger partial charge in [-0.15, -0.1) is 15.3 Å². The van der Waals surface area contributed by atoms with Crippen LogP contribution in [-0.2, 0) is 4.79 Å². The summed E-state index contributed by atoms with van der Waals surface area (Å²) in [4.78, 5) is 17.1. The van der Waals surface area contributed by atoms with Crippen LogP contribution < -0.4 is 4.90 Å². The summed E-state index contributed by atoms with van der Waals surface area (Å²) in [5, 5.41) is 12.4. The Balaban J connectivity index is 1.36. The molecule has 2 aliphatic rings. The third kappa shape index (κ3) is 3.32. The number of hydrogen-bond acceptors (Lipinski definition) is 5. The average molecular weight is 342 g/mol. The highest BCUT2D eigenvalue weighted by Crippen LogP contribution is 2.27. The number of piperidine rings is 1. The maximum absolute atomic E-state index is 12.9. The topological polar surface area (TPSA) is 66.6 Å². The molecule has 25 heavy (non-hydrogen) atoms. The van der Waals surface area contributed by atoms with E-state index in [2.05, 4.69) is 20.2 Å². The minimum Gasteiger partial charge on any atom is -0.355 e. The Hall–Kier alpha value is -2.18. The molecule has 0 bridgehead atoms. The van der Waals surface area contributed by atoms with Crippen LogP contribution in [0.15, 0.2) is 18.5 Å². The molecule has 0 spiro atoms. The van der Waals surface area contributed by atoms with Crippen molar-refractivity contribution in [3.05, 3.63) is 18.5 Å². The van der Waals surface area contributed by atoms with Gasteiger partial charge in [-0.2, -0.15) is 4.52 Å². The second-order valence-electron chi connectivity index (χ2n) is 7.33.